The molecule has 0 fully saturated rings. The normalized spacial score (nSPS) is 10.3. The maximum Gasteiger partial charge on any atom is 0.251 e. The topological polar surface area (TPSA) is 29.1 Å². The van der Waals surface area contributed by atoms with Gasteiger partial charge in [-0.1, -0.05) is 43.7 Å². The van der Waals surface area contributed by atoms with E-state index < -0.39 is 0 Å². The number of carbonyl (C=O) groups is 1. The molecule has 0 aliphatic heterocycles. The predicted octanol–water partition coefficient (Wildman–Crippen LogP) is 4.51. The molecule has 2 aromatic carbocycles. The van der Waals surface area contributed by atoms with Gasteiger partial charge in [0.1, 0.15) is 0 Å². The molecule has 0 heterocycles. The van der Waals surface area contributed by atoms with Crippen LogP contribution in [0.15, 0.2) is 59.5 Å². The number of unbranched alkanes of at least 4 members (excludes halogenated alkanes) is 1. The lowest BCUT2D eigenvalue weighted by atomic mass is 10.1. The fourth-order valence-electron chi connectivity index (χ4n) is 1.92. The lowest BCUT2D eigenvalue weighted by Crippen LogP contribution is -2.24. The summed E-state index contributed by atoms with van der Waals surface area (Å²) in [6, 6.07) is 18.2. The first-order valence-corrected chi connectivity index (χ1v) is 8.33. The van der Waals surface area contributed by atoms with Gasteiger partial charge in [-0.05, 0) is 36.2 Å². The van der Waals surface area contributed by atoms with E-state index in [0.717, 1.165) is 30.7 Å². The average molecular weight is 299 g/mol. The Labute approximate surface area is 131 Å². The van der Waals surface area contributed by atoms with Gasteiger partial charge in [-0.3, -0.25) is 4.79 Å². The van der Waals surface area contributed by atoms with Crippen LogP contribution in [0.25, 0.3) is 0 Å². The first-order valence-electron chi connectivity index (χ1n) is 7.34. The van der Waals surface area contributed by atoms with Gasteiger partial charge in [0.25, 0.3) is 5.91 Å². The number of hydrogen-bond donors (Lipinski definition) is 1. The molecule has 0 radical (unpaired) electrons. The number of amides is 1. The van der Waals surface area contributed by atoms with E-state index in [4.69, 9.17) is 0 Å². The summed E-state index contributed by atoms with van der Waals surface area (Å²) in [5.41, 5.74) is 1.97. The van der Waals surface area contributed by atoms with Gasteiger partial charge in [-0.25, -0.2) is 0 Å². The predicted molar refractivity (Wildman–Crippen MR) is 89.7 cm³/mol. The highest BCUT2D eigenvalue weighted by Crippen LogP contribution is 2.22. The van der Waals surface area contributed by atoms with Crippen molar-refractivity contribution >= 4 is 17.7 Å². The third-order valence-corrected chi connectivity index (χ3v) is 4.26. The third-order valence-electron chi connectivity index (χ3n) is 3.18. The van der Waals surface area contributed by atoms with Gasteiger partial charge in [0.2, 0.25) is 0 Å². The molecule has 2 rings (SSSR count). The van der Waals surface area contributed by atoms with E-state index in [0.29, 0.717) is 0 Å². The second-order valence-electron chi connectivity index (χ2n) is 4.91. The standard InChI is InChI=1S/C18H21NOS/c1-2-3-13-19-18(20)16-11-9-15(10-12-16)14-21-17-7-5-4-6-8-17/h4-12H,2-3,13-14H2,1H3,(H,19,20). The average Bonchev–Trinajstić information content (AvgIpc) is 2.54. The smallest absolute Gasteiger partial charge is 0.251 e. The zero-order valence-electron chi connectivity index (χ0n) is 12.3. The summed E-state index contributed by atoms with van der Waals surface area (Å²) < 4.78 is 0. The maximum atomic E-state index is 11.9. The van der Waals surface area contributed by atoms with E-state index >= 15 is 0 Å². The molecule has 0 aliphatic carbocycles. The minimum Gasteiger partial charge on any atom is -0.352 e. The van der Waals surface area contributed by atoms with Crippen molar-refractivity contribution in [2.75, 3.05) is 6.54 Å². The van der Waals surface area contributed by atoms with Crippen molar-refractivity contribution in [1.82, 2.24) is 5.32 Å². The van der Waals surface area contributed by atoms with E-state index in [-0.39, 0.29) is 5.91 Å². The van der Waals surface area contributed by atoms with Crippen molar-refractivity contribution in [1.29, 1.82) is 0 Å². The zero-order chi connectivity index (χ0) is 14.9. The van der Waals surface area contributed by atoms with Crippen molar-refractivity contribution in [3.8, 4) is 0 Å². The first kappa shape index (κ1) is 15.6. The number of rotatable bonds is 7. The van der Waals surface area contributed by atoms with E-state index in [9.17, 15) is 4.79 Å². The number of benzene rings is 2. The molecule has 2 aromatic rings. The van der Waals surface area contributed by atoms with Crippen molar-refractivity contribution in [2.24, 2.45) is 0 Å². The molecule has 0 atom stereocenters. The van der Waals surface area contributed by atoms with Gasteiger partial charge in [0.15, 0.2) is 0 Å². The summed E-state index contributed by atoms with van der Waals surface area (Å²) in [6.07, 6.45) is 2.12. The summed E-state index contributed by atoms with van der Waals surface area (Å²) in [7, 11) is 0. The molecule has 0 unspecified atom stereocenters. The Kier molecular flexibility index (Phi) is 6.35. The summed E-state index contributed by atoms with van der Waals surface area (Å²) in [5.74, 6) is 0.938. The molecule has 1 N–H and O–H groups in total. The Morgan fingerprint density at radius 3 is 2.43 bits per heavy atom. The van der Waals surface area contributed by atoms with Crippen molar-refractivity contribution in [3.63, 3.8) is 0 Å². The molecule has 0 bridgehead atoms. The minimum atomic E-state index is 0.0192. The number of carbonyl (C=O) groups excluding carboxylic acids is 1. The molecular formula is C18H21NOS. The third kappa shape index (κ3) is 5.27. The summed E-state index contributed by atoms with van der Waals surface area (Å²) in [4.78, 5) is 13.2. The highest BCUT2D eigenvalue weighted by atomic mass is 32.2. The van der Waals surface area contributed by atoms with Crippen LogP contribution in [0, 0.1) is 0 Å². The van der Waals surface area contributed by atoms with Gasteiger partial charge in [-0.15, -0.1) is 11.8 Å². The summed E-state index contributed by atoms with van der Waals surface area (Å²) in [5, 5.41) is 2.93. The molecule has 0 aromatic heterocycles. The Morgan fingerprint density at radius 2 is 1.76 bits per heavy atom. The Balaban J connectivity index is 1.85. The molecule has 2 nitrogen and oxygen atoms in total. The van der Waals surface area contributed by atoms with Gasteiger partial charge < -0.3 is 5.32 Å². The van der Waals surface area contributed by atoms with Crippen LogP contribution in [0.4, 0.5) is 0 Å². The fraction of sp³-hybridized carbons (Fsp3) is 0.278. The van der Waals surface area contributed by atoms with Gasteiger partial charge in [0, 0.05) is 22.8 Å². The molecule has 0 spiro atoms. The van der Waals surface area contributed by atoms with E-state index in [2.05, 4.69) is 24.4 Å². The second kappa shape index (κ2) is 8.53. The lowest BCUT2D eigenvalue weighted by Gasteiger charge is -2.06. The van der Waals surface area contributed by atoms with Crippen LogP contribution >= 0.6 is 11.8 Å². The Hall–Kier alpha value is -1.74. The van der Waals surface area contributed by atoms with E-state index in [1.165, 1.54) is 10.5 Å². The Bertz CT molecular complexity index is 551. The van der Waals surface area contributed by atoms with Crippen LogP contribution in [0.3, 0.4) is 0 Å². The molecule has 0 saturated heterocycles. The molecule has 3 heteroatoms. The first-order chi connectivity index (χ1) is 10.3. The number of thioether (sulfide) groups is 1. The van der Waals surface area contributed by atoms with Crippen LogP contribution < -0.4 is 5.32 Å². The monoisotopic (exact) mass is 299 g/mol. The van der Waals surface area contributed by atoms with Gasteiger partial charge in [-0.2, -0.15) is 0 Å². The van der Waals surface area contributed by atoms with E-state index in [1.54, 1.807) is 11.8 Å². The number of nitrogens with one attached hydrogen (secondary N) is 1. The summed E-state index contributed by atoms with van der Waals surface area (Å²) in [6.45, 7) is 2.87. The largest absolute Gasteiger partial charge is 0.352 e. The second-order valence-corrected chi connectivity index (χ2v) is 5.96. The van der Waals surface area contributed by atoms with Crippen LogP contribution in [0.1, 0.15) is 35.7 Å². The minimum absolute atomic E-state index is 0.0192. The van der Waals surface area contributed by atoms with Crippen LogP contribution in [0.5, 0.6) is 0 Å². The van der Waals surface area contributed by atoms with Crippen LogP contribution in [-0.2, 0) is 5.75 Å². The molecule has 0 aliphatic rings. The van der Waals surface area contributed by atoms with Gasteiger partial charge >= 0.3 is 0 Å². The zero-order valence-corrected chi connectivity index (χ0v) is 13.2. The van der Waals surface area contributed by atoms with Crippen LogP contribution in [0.2, 0.25) is 0 Å². The number of hydrogen-bond acceptors (Lipinski definition) is 2. The molecule has 1 amide bonds. The van der Waals surface area contributed by atoms with Crippen molar-refractivity contribution in [3.05, 3.63) is 65.7 Å². The van der Waals surface area contributed by atoms with Crippen molar-refractivity contribution in [2.45, 2.75) is 30.4 Å². The molecule has 110 valence electrons. The van der Waals surface area contributed by atoms with Crippen LogP contribution in [-0.4, -0.2) is 12.5 Å². The summed E-state index contributed by atoms with van der Waals surface area (Å²) >= 11 is 1.80. The van der Waals surface area contributed by atoms with Gasteiger partial charge in [0.05, 0.1) is 0 Å². The van der Waals surface area contributed by atoms with E-state index in [1.807, 2.05) is 42.5 Å². The Morgan fingerprint density at radius 1 is 1.05 bits per heavy atom. The van der Waals surface area contributed by atoms with Crippen molar-refractivity contribution < 1.29 is 4.79 Å². The quantitative estimate of drug-likeness (QED) is 0.602. The SMILES string of the molecule is CCCCNC(=O)c1ccc(CSc2ccccc2)cc1. The molecule has 0 saturated carbocycles. The molecular weight excluding hydrogens is 278 g/mol. The fourth-order valence-corrected chi connectivity index (χ4v) is 2.79. The lowest BCUT2D eigenvalue weighted by molar-refractivity contribution is 0.0953. The highest BCUT2D eigenvalue weighted by Gasteiger charge is 2.04. The highest BCUT2D eigenvalue weighted by molar-refractivity contribution is 7.98. The molecule has 21 heavy (non-hydrogen) atoms. The maximum absolute atomic E-state index is 11.9.